The highest BCUT2D eigenvalue weighted by Gasteiger charge is 2.57. The Bertz CT molecular complexity index is 717. The molecule has 21 heavy (non-hydrogen) atoms. The number of nitrogens with zero attached hydrogens (tertiary/aromatic N) is 1. The molecular weight excluding hydrogens is 264 g/mol. The second-order valence-corrected chi connectivity index (χ2v) is 7.09. The number of carbonyl (C=O) groups is 1. The number of hydrogen-bond donors (Lipinski definition) is 2. The Labute approximate surface area is 124 Å². The number of nitrogens with one attached hydrogen (secondary N) is 1. The van der Waals surface area contributed by atoms with Crippen molar-refractivity contribution in [3.63, 3.8) is 0 Å². The van der Waals surface area contributed by atoms with Gasteiger partial charge in [-0.15, -0.1) is 0 Å². The van der Waals surface area contributed by atoms with Crippen LogP contribution in [0.5, 0.6) is 0 Å². The zero-order valence-electron chi connectivity index (χ0n) is 13.0. The van der Waals surface area contributed by atoms with E-state index in [-0.39, 0.29) is 11.3 Å². The van der Waals surface area contributed by atoms with E-state index in [9.17, 15) is 9.90 Å². The second-order valence-electron chi connectivity index (χ2n) is 7.09. The number of aryl methyl sites for hydroxylation is 1. The van der Waals surface area contributed by atoms with Crippen LogP contribution in [0.15, 0.2) is 18.2 Å². The molecular formula is C17H22N2O2. The number of hydrogen-bond acceptors (Lipinski definition) is 2. The molecule has 1 heterocycles. The summed E-state index contributed by atoms with van der Waals surface area (Å²) >= 11 is 0. The molecule has 2 atom stereocenters. The van der Waals surface area contributed by atoms with Gasteiger partial charge in [0.1, 0.15) is 5.82 Å². The minimum absolute atomic E-state index is 0.145. The highest BCUT2D eigenvalue weighted by atomic mass is 16.4. The van der Waals surface area contributed by atoms with Crippen LogP contribution in [0.1, 0.15) is 50.9 Å². The van der Waals surface area contributed by atoms with E-state index >= 15 is 0 Å². The van der Waals surface area contributed by atoms with Crippen LogP contribution in [0, 0.1) is 17.8 Å². The van der Waals surface area contributed by atoms with E-state index in [0.717, 1.165) is 23.3 Å². The average molecular weight is 286 g/mol. The monoisotopic (exact) mass is 286 g/mol. The lowest BCUT2D eigenvalue weighted by Gasteiger charge is -2.37. The van der Waals surface area contributed by atoms with Crippen LogP contribution in [-0.2, 0) is 4.79 Å². The van der Waals surface area contributed by atoms with Gasteiger partial charge in [-0.1, -0.05) is 19.9 Å². The molecule has 4 heteroatoms. The van der Waals surface area contributed by atoms with E-state index in [1.54, 1.807) is 0 Å². The van der Waals surface area contributed by atoms with Crippen LogP contribution >= 0.6 is 0 Å². The van der Waals surface area contributed by atoms with Gasteiger partial charge in [0, 0.05) is 5.92 Å². The molecule has 0 bridgehead atoms. The summed E-state index contributed by atoms with van der Waals surface area (Å²) in [7, 11) is 0. The largest absolute Gasteiger partial charge is 0.481 e. The van der Waals surface area contributed by atoms with Crippen molar-refractivity contribution in [2.45, 2.75) is 46.5 Å². The smallest absolute Gasteiger partial charge is 0.309 e. The van der Waals surface area contributed by atoms with E-state index in [1.807, 2.05) is 19.1 Å². The fraction of sp³-hybridized carbons (Fsp3) is 0.529. The predicted molar refractivity (Wildman–Crippen MR) is 82.3 cm³/mol. The van der Waals surface area contributed by atoms with E-state index in [4.69, 9.17) is 4.98 Å². The van der Waals surface area contributed by atoms with Crippen molar-refractivity contribution < 1.29 is 9.90 Å². The third-order valence-corrected chi connectivity index (χ3v) is 5.68. The number of aromatic amines is 1. The molecule has 1 saturated carbocycles. The summed E-state index contributed by atoms with van der Waals surface area (Å²) in [5, 5.41) is 9.62. The molecule has 1 aromatic carbocycles. The average Bonchev–Trinajstić information content (AvgIpc) is 2.89. The SMILES string of the molecule is Cc1ccc2nc([C@H]3CC[C@](C)(C(=O)O)C3(C)C)[nH]c2c1. The Morgan fingerprint density at radius 2 is 2.10 bits per heavy atom. The molecule has 0 spiro atoms. The Balaban J connectivity index is 2.05. The van der Waals surface area contributed by atoms with E-state index in [1.165, 1.54) is 5.56 Å². The van der Waals surface area contributed by atoms with Gasteiger partial charge >= 0.3 is 5.97 Å². The number of rotatable bonds is 2. The summed E-state index contributed by atoms with van der Waals surface area (Å²) in [6, 6.07) is 6.15. The van der Waals surface area contributed by atoms with Gasteiger partial charge in [-0.05, 0) is 49.8 Å². The van der Waals surface area contributed by atoms with Gasteiger partial charge in [0.05, 0.1) is 16.4 Å². The van der Waals surface area contributed by atoms with Gasteiger partial charge in [0.25, 0.3) is 0 Å². The summed E-state index contributed by atoms with van der Waals surface area (Å²) < 4.78 is 0. The number of imidazole rings is 1. The molecule has 1 fully saturated rings. The number of aliphatic carboxylic acids is 1. The van der Waals surface area contributed by atoms with E-state index in [2.05, 4.69) is 31.8 Å². The highest BCUT2D eigenvalue weighted by Crippen LogP contribution is 2.59. The zero-order valence-corrected chi connectivity index (χ0v) is 13.0. The lowest BCUT2D eigenvalue weighted by molar-refractivity contribution is -0.153. The molecule has 1 aliphatic carbocycles. The molecule has 0 aliphatic heterocycles. The van der Waals surface area contributed by atoms with Crippen molar-refractivity contribution in [3.05, 3.63) is 29.6 Å². The standard InChI is InChI=1S/C17H22N2O2/c1-10-5-6-12-13(9-10)19-14(18-12)11-7-8-17(4,15(20)21)16(11,2)3/h5-6,9,11H,7-8H2,1-4H3,(H,18,19)(H,20,21)/t11-,17-/m1/s1. The normalized spacial score (nSPS) is 28.1. The lowest BCUT2D eigenvalue weighted by atomic mass is 9.65. The molecule has 4 nitrogen and oxygen atoms in total. The summed E-state index contributed by atoms with van der Waals surface area (Å²) in [4.78, 5) is 19.8. The minimum Gasteiger partial charge on any atom is -0.481 e. The molecule has 1 aromatic heterocycles. The highest BCUT2D eigenvalue weighted by molar-refractivity contribution is 5.77. The van der Waals surface area contributed by atoms with E-state index < -0.39 is 11.4 Å². The summed E-state index contributed by atoms with van der Waals surface area (Å²) in [6.45, 7) is 8.03. The van der Waals surface area contributed by atoms with Crippen LogP contribution in [-0.4, -0.2) is 21.0 Å². The molecule has 3 rings (SSSR count). The maximum atomic E-state index is 11.7. The molecule has 1 aliphatic rings. The molecule has 0 amide bonds. The number of aromatic nitrogens is 2. The molecule has 0 unspecified atom stereocenters. The van der Waals surface area contributed by atoms with Crippen molar-refractivity contribution in [1.29, 1.82) is 0 Å². The van der Waals surface area contributed by atoms with Gasteiger partial charge < -0.3 is 10.1 Å². The van der Waals surface area contributed by atoms with Crippen molar-refractivity contribution in [2.24, 2.45) is 10.8 Å². The van der Waals surface area contributed by atoms with Gasteiger partial charge in [0.15, 0.2) is 0 Å². The maximum Gasteiger partial charge on any atom is 0.309 e. The topological polar surface area (TPSA) is 66.0 Å². The molecule has 112 valence electrons. The molecule has 0 radical (unpaired) electrons. The Morgan fingerprint density at radius 3 is 2.71 bits per heavy atom. The number of fused-ring (bicyclic) bond motifs is 1. The van der Waals surface area contributed by atoms with Crippen molar-refractivity contribution >= 4 is 17.0 Å². The fourth-order valence-corrected chi connectivity index (χ4v) is 3.67. The van der Waals surface area contributed by atoms with Crippen LogP contribution in [0.2, 0.25) is 0 Å². The summed E-state index contributed by atoms with van der Waals surface area (Å²) in [5.41, 5.74) is 2.15. The fourth-order valence-electron chi connectivity index (χ4n) is 3.67. The third kappa shape index (κ3) is 1.88. The van der Waals surface area contributed by atoms with E-state index in [0.29, 0.717) is 6.42 Å². The van der Waals surface area contributed by atoms with Gasteiger partial charge in [0.2, 0.25) is 0 Å². The minimum atomic E-state index is -0.707. The summed E-state index contributed by atoms with van der Waals surface area (Å²) in [6.07, 6.45) is 1.55. The van der Waals surface area contributed by atoms with Crippen LogP contribution < -0.4 is 0 Å². The molecule has 2 N–H and O–H groups in total. The quantitative estimate of drug-likeness (QED) is 0.880. The Morgan fingerprint density at radius 1 is 1.38 bits per heavy atom. The molecule has 2 aromatic rings. The van der Waals surface area contributed by atoms with Crippen molar-refractivity contribution in [1.82, 2.24) is 9.97 Å². The Kier molecular flexibility index (Phi) is 2.91. The first-order valence-electron chi connectivity index (χ1n) is 7.45. The van der Waals surface area contributed by atoms with Crippen LogP contribution in [0.4, 0.5) is 0 Å². The number of carboxylic acids is 1. The lowest BCUT2D eigenvalue weighted by Crippen LogP contribution is -2.40. The Hall–Kier alpha value is -1.84. The predicted octanol–water partition coefficient (Wildman–Crippen LogP) is 3.87. The zero-order chi connectivity index (χ0) is 15.4. The van der Waals surface area contributed by atoms with Crippen LogP contribution in [0.25, 0.3) is 11.0 Å². The third-order valence-electron chi connectivity index (χ3n) is 5.68. The van der Waals surface area contributed by atoms with Gasteiger partial charge in [-0.2, -0.15) is 0 Å². The van der Waals surface area contributed by atoms with Gasteiger partial charge in [-0.25, -0.2) is 4.98 Å². The summed E-state index contributed by atoms with van der Waals surface area (Å²) in [5.74, 6) is 0.360. The number of H-pyrrole nitrogens is 1. The first-order chi connectivity index (χ1) is 9.75. The van der Waals surface area contributed by atoms with Crippen molar-refractivity contribution in [3.8, 4) is 0 Å². The first kappa shape index (κ1) is 14.1. The maximum absolute atomic E-state index is 11.7. The van der Waals surface area contributed by atoms with Crippen molar-refractivity contribution in [2.75, 3.05) is 0 Å². The first-order valence-corrected chi connectivity index (χ1v) is 7.45. The molecule has 0 saturated heterocycles. The van der Waals surface area contributed by atoms with Gasteiger partial charge in [-0.3, -0.25) is 4.79 Å². The second kappa shape index (κ2) is 4.33. The number of benzene rings is 1. The van der Waals surface area contributed by atoms with Crippen LogP contribution in [0.3, 0.4) is 0 Å². The number of carboxylic acid groups (broad SMARTS) is 1.